The van der Waals surface area contributed by atoms with Gasteiger partial charge in [0.25, 0.3) is 0 Å². The smallest absolute Gasteiger partial charge is 0.338 e. The molecule has 2 rings (SSSR count). The van der Waals surface area contributed by atoms with Crippen LogP contribution >= 0.6 is 0 Å². The van der Waals surface area contributed by atoms with Crippen LogP contribution in [0, 0.1) is 6.07 Å². The van der Waals surface area contributed by atoms with Crippen LogP contribution in [0.1, 0.15) is 17.3 Å². The molecule has 0 aliphatic heterocycles. The minimum Gasteiger partial charge on any atom is -0.462 e. The van der Waals surface area contributed by atoms with E-state index in [0.717, 1.165) is 11.1 Å². The lowest BCUT2D eigenvalue weighted by Crippen LogP contribution is -2.04. The highest BCUT2D eigenvalue weighted by atomic mass is 16.5. The van der Waals surface area contributed by atoms with E-state index in [2.05, 4.69) is 6.07 Å². The van der Waals surface area contributed by atoms with Gasteiger partial charge in [0.2, 0.25) is 0 Å². The molecule has 0 unspecified atom stereocenters. The van der Waals surface area contributed by atoms with E-state index in [1.807, 2.05) is 42.5 Å². The Bertz CT molecular complexity index is 503. The number of carbonyl (C=O) groups is 1. The number of rotatable bonds is 3. The molecule has 2 nitrogen and oxygen atoms in total. The fourth-order valence-electron chi connectivity index (χ4n) is 1.61. The Morgan fingerprint density at radius 3 is 2.76 bits per heavy atom. The van der Waals surface area contributed by atoms with Crippen molar-refractivity contribution >= 4 is 5.97 Å². The highest BCUT2D eigenvalue weighted by Crippen LogP contribution is 2.20. The van der Waals surface area contributed by atoms with Crippen molar-refractivity contribution in [3.05, 3.63) is 60.2 Å². The van der Waals surface area contributed by atoms with Gasteiger partial charge in [-0.15, -0.1) is 0 Å². The zero-order chi connectivity index (χ0) is 12.1. The van der Waals surface area contributed by atoms with Crippen molar-refractivity contribution < 1.29 is 9.53 Å². The van der Waals surface area contributed by atoms with Gasteiger partial charge in [-0.3, -0.25) is 0 Å². The first-order chi connectivity index (χ1) is 8.31. The van der Waals surface area contributed by atoms with Crippen molar-refractivity contribution in [2.45, 2.75) is 6.92 Å². The first-order valence-electron chi connectivity index (χ1n) is 5.55. The van der Waals surface area contributed by atoms with Gasteiger partial charge in [0.1, 0.15) is 0 Å². The number of esters is 1. The summed E-state index contributed by atoms with van der Waals surface area (Å²) in [5, 5.41) is 0. The van der Waals surface area contributed by atoms with Gasteiger partial charge in [-0.05, 0) is 42.3 Å². The monoisotopic (exact) mass is 225 g/mol. The number of carbonyl (C=O) groups excluding carboxylic acids is 1. The fourth-order valence-corrected chi connectivity index (χ4v) is 1.61. The summed E-state index contributed by atoms with van der Waals surface area (Å²) in [4.78, 5) is 11.6. The Kier molecular flexibility index (Phi) is 3.55. The summed E-state index contributed by atoms with van der Waals surface area (Å²) in [5.41, 5.74) is 2.61. The molecule has 0 saturated heterocycles. The molecule has 0 spiro atoms. The lowest BCUT2D eigenvalue weighted by molar-refractivity contribution is 0.0526. The number of ether oxygens (including phenoxy) is 1. The molecule has 0 N–H and O–H groups in total. The summed E-state index contributed by atoms with van der Waals surface area (Å²) in [6.45, 7) is 2.19. The molecule has 0 atom stereocenters. The third kappa shape index (κ3) is 2.72. The summed E-state index contributed by atoms with van der Waals surface area (Å²) >= 11 is 0. The number of hydrogen-bond acceptors (Lipinski definition) is 2. The minimum absolute atomic E-state index is 0.283. The molecule has 1 radical (unpaired) electrons. The van der Waals surface area contributed by atoms with E-state index in [1.54, 1.807) is 13.0 Å². The average Bonchev–Trinajstić information content (AvgIpc) is 2.40. The van der Waals surface area contributed by atoms with Gasteiger partial charge in [-0.25, -0.2) is 4.79 Å². The molecule has 2 aromatic carbocycles. The summed E-state index contributed by atoms with van der Waals surface area (Å²) < 4.78 is 4.97. The van der Waals surface area contributed by atoms with Crippen LogP contribution in [0.2, 0.25) is 0 Å². The third-order valence-corrected chi connectivity index (χ3v) is 2.41. The van der Waals surface area contributed by atoms with Crippen LogP contribution in [-0.2, 0) is 4.74 Å². The highest BCUT2D eigenvalue weighted by molar-refractivity contribution is 5.91. The van der Waals surface area contributed by atoms with E-state index in [0.29, 0.717) is 12.2 Å². The van der Waals surface area contributed by atoms with E-state index in [4.69, 9.17) is 4.74 Å². The molecule has 85 valence electrons. The minimum atomic E-state index is -0.283. The second kappa shape index (κ2) is 5.30. The van der Waals surface area contributed by atoms with Crippen LogP contribution in [-0.4, -0.2) is 12.6 Å². The Morgan fingerprint density at radius 1 is 1.24 bits per heavy atom. The topological polar surface area (TPSA) is 26.3 Å². The van der Waals surface area contributed by atoms with Crippen molar-refractivity contribution in [1.82, 2.24) is 0 Å². The van der Waals surface area contributed by atoms with Crippen LogP contribution in [0.25, 0.3) is 11.1 Å². The molecule has 0 aliphatic carbocycles. The second-order valence-corrected chi connectivity index (χ2v) is 3.59. The quantitative estimate of drug-likeness (QED) is 0.749. The van der Waals surface area contributed by atoms with Crippen LogP contribution < -0.4 is 0 Å². The molecule has 0 amide bonds. The zero-order valence-electron chi connectivity index (χ0n) is 9.64. The van der Waals surface area contributed by atoms with E-state index in [1.165, 1.54) is 0 Å². The van der Waals surface area contributed by atoms with Gasteiger partial charge in [0.05, 0.1) is 12.2 Å². The van der Waals surface area contributed by atoms with Gasteiger partial charge < -0.3 is 4.74 Å². The third-order valence-electron chi connectivity index (χ3n) is 2.41. The highest BCUT2D eigenvalue weighted by Gasteiger charge is 2.07. The van der Waals surface area contributed by atoms with Gasteiger partial charge in [0, 0.05) is 0 Å². The second-order valence-electron chi connectivity index (χ2n) is 3.59. The normalized spacial score (nSPS) is 9.94. The van der Waals surface area contributed by atoms with Crippen LogP contribution in [0.3, 0.4) is 0 Å². The van der Waals surface area contributed by atoms with Gasteiger partial charge in [0.15, 0.2) is 0 Å². The SMILES string of the molecule is CCOC(=O)c1cccc(-c2c[c]ccc2)c1. The van der Waals surface area contributed by atoms with E-state index >= 15 is 0 Å². The fraction of sp³-hybridized carbons (Fsp3) is 0.133. The lowest BCUT2D eigenvalue weighted by Gasteiger charge is -2.05. The van der Waals surface area contributed by atoms with Crippen LogP contribution in [0.4, 0.5) is 0 Å². The molecule has 0 saturated carbocycles. The van der Waals surface area contributed by atoms with Crippen molar-refractivity contribution in [1.29, 1.82) is 0 Å². The van der Waals surface area contributed by atoms with E-state index < -0.39 is 0 Å². The van der Waals surface area contributed by atoms with Crippen molar-refractivity contribution in [3.63, 3.8) is 0 Å². The Morgan fingerprint density at radius 2 is 2.06 bits per heavy atom. The summed E-state index contributed by atoms with van der Waals surface area (Å²) in [7, 11) is 0. The van der Waals surface area contributed by atoms with Crippen LogP contribution in [0.15, 0.2) is 48.5 Å². The first-order valence-corrected chi connectivity index (χ1v) is 5.55. The molecule has 0 bridgehead atoms. The predicted octanol–water partition coefficient (Wildman–Crippen LogP) is 3.33. The largest absolute Gasteiger partial charge is 0.462 e. The van der Waals surface area contributed by atoms with E-state index in [9.17, 15) is 4.79 Å². The van der Waals surface area contributed by atoms with Crippen molar-refractivity contribution in [3.8, 4) is 11.1 Å². The number of hydrogen-bond donors (Lipinski definition) is 0. The molecule has 0 aliphatic rings. The maximum Gasteiger partial charge on any atom is 0.338 e. The molecule has 0 fully saturated rings. The molecular weight excluding hydrogens is 212 g/mol. The molecule has 17 heavy (non-hydrogen) atoms. The lowest BCUT2D eigenvalue weighted by atomic mass is 10.0. The standard InChI is InChI=1S/C15H13O2/c1-2-17-15(16)14-10-6-9-13(11-14)12-7-4-3-5-8-12/h3-4,6-11H,2H2,1H3. The predicted molar refractivity (Wildman–Crippen MR) is 66.7 cm³/mol. The average molecular weight is 225 g/mol. The Hall–Kier alpha value is -2.09. The van der Waals surface area contributed by atoms with Crippen molar-refractivity contribution in [2.75, 3.05) is 6.61 Å². The molecular formula is C15H13O2. The summed E-state index contributed by atoms with van der Waals surface area (Å²) in [6.07, 6.45) is 0. The first kappa shape index (κ1) is 11.4. The Labute approximate surface area is 101 Å². The molecule has 2 heteroatoms. The van der Waals surface area contributed by atoms with Crippen LogP contribution in [0.5, 0.6) is 0 Å². The van der Waals surface area contributed by atoms with Crippen molar-refractivity contribution in [2.24, 2.45) is 0 Å². The summed E-state index contributed by atoms with van der Waals surface area (Å²) in [6, 6.07) is 18.1. The molecule has 0 heterocycles. The van der Waals surface area contributed by atoms with Gasteiger partial charge in [-0.2, -0.15) is 0 Å². The molecule has 0 aromatic heterocycles. The van der Waals surface area contributed by atoms with Gasteiger partial charge >= 0.3 is 5.97 Å². The molecule has 2 aromatic rings. The zero-order valence-corrected chi connectivity index (χ0v) is 9.64. The maximum atomic E-state index is 11.6. The number of benzene rings is 2. The maximum absolute atomic E-state index is 11.6. The van der Waals surface area contributed by atoms with Gasteiger partial charge in [-0.1, -0.05) is 30.3 Å². The van der Waals surface area contributed by atoms with E-state index in [-0.39, 0.29) is 5.97 Å². The summed E-state index contributed by atoms with van der Waals surface area (Å²) in [5.74, 6) is -0.283. The Balaban J connectivity index is 2.32.